The molecule has 0 unspecified atom stereocenters. The number of nitrogens with zero attached hydrogens (tertiary/aromatic N) is 1. The molecular formula is C15H15N3OS. The zero-order chi connectivity index (χ0) is 14.5. The smallest absolute Gasteiger partial charge is 0.251 e. The van der Waals surface area contributed by atoms with Crippen LogP contribution in [0.1, 0.15) is 25.7 Å². The number of aryl methyl sites for hydroxylation is 1. The molecule has 1 aromatic carbocycles. The summed E-state index contributed by atoms with van der Waals surface area (Å²) < 4.78 is 0. The highest BCUT2D eigenvalue weighted by atomic mass is 32.1. The summed E-state index contributed by atoms with van der Waals surface area (Å²) in [6.45, 7) is 2.64. The second-order valence-corrected chi connectivity index (χ2v) is 5.51. The van der Waals surface area contributed by atoms with E-state index in [0.717, 1.165) is 16.1 Å². The normalized spacial score (nSPS) is 9.85. The van der Waals surface area contributed by atoms with Crippen LogP contribution >= 0.6 is 11.3 Å². The first-order valence-electron chi connectivity index (χ1n) is 6.19. The molecule has 0 saturated carbocycles. The molecule has 4 nitrogen and oxygen atoms in total. The van der Waals surface area contributed by atoms with Gasteiger partial charge in [-0.15, -0.1) is 11.3 Å². The lowest BCUT2D eigenvalue weighted by Crippen LogP contribution is -2.17. The van der Waals surface area contributed by atoms with Crippen molar-refractivity contribution in [2.75, 3.05) is 12.4 Å². The Hall–Kier alpha value is -2.32. The molecule has 20 heavy (non-hydrogen) atoms. The monoisotopic (exact) mass is 285 g/mol. The fourth-order valence-corrected chi connectivity index (χ4v) is 2.61. The Balaban J connectivity index is 2.06. The highest BCUT2D eigenvalue weighted by molar-refractivity contribution is 7.12. The van der Waals surface area contributed by atoms with Crippen molar-refractivity contribution in [2.45, 2.75) is 13.5 Å². The van der Waals surface area contributed by atoms with E-state index in [9.17, 15) is 4.79 Å². The lowest BCUT2D eigenvalue weighted by molar-refractivity contribution is 0.0963. The Morgan fingerprint density at radius 2 is 2.15 bits per heavy atom. The number of amides is 1. The molecule has 0 bridgehead atoms. The lowest BCUT2D eigenvalue weighted by atomic mass is 10.1. The molecular weight excluding hydrogens is 270 g/mol. The van der Waals surface area contributed by atoms with Gasteiger partial charge in [-0.25, -0.2) is 0 Å². The van der Waals surface area contributed by atoms with Gasteiger partial charge in [-0.3, -0.25) is 4.79 Å². The number of nitriles is 1. The molecule has 0 aliphatic carbocycles. The predicted molar refractivity (Wildman–Crippen MR) is 80.9 cm³/mol. The summed E-state index contributed by atoms with van der Waals surface area (Å²) in [5, 5.41) is 14.7. The number of hydrogen-bond donors (Lipinski definition) is 2. The minimum Gasteiger partial charge on any atom is -0.380 e. The number of hydrogen-bond acceptors (Lipinski definition) is 4. The summed E-state index contributed by atoms with van der Waals surface area (Å²) in [6, 6.07) is 11.5. The van der Waals surface area contributed by atoms with Crippen LogP contribution in [0.5, 0.6) is 0 Å². The van der Waals surface area contributed by atoms with Crippen LogP contribution in [-0.4, -0.2) is 13.0 Å². The summed E-state index contributed by atoms with van der Waals surface area (Å²) in [5.74, 6) is -0.0865. The second kappa shape index (κ2) is 6.22. The molecule has 1 amide bonds. The largest absolute Gasteiger partial charge is 0.380 e. The minimum absolute atomic E-state index is 0.0865. The van der Waals surface area contributed by atoms with E-state index in [-0.39, 0.29) is 5.91 Å². The molecule has 1 heterocycles. The van der Waals surface area contributed by atoms with Gasteiger partial charge in [0, 0.05) is 29.7 Å². The van der Waals surface area contributed by atoms with Crippen molar-refractivity contribution in [1.82, 2.24) is 5.32 Å². The molecule has 0 aliphatic rings. The zero-order valence-corrected chi connectivity index (χ0v) is 12.2. The number of thiophene rings is 1. The average Bonchev–Trinajstić information content (AvgIpc) is 2.93. The van der Waals surface area contributed by atoms with Gasteiger partial charge in [0.2, 0.25) is 0 Å². The van der Waals surface area contributed by atoms with Crippen LogP contribution in [0.4, 0.5) is 5.69 Å². The first-order valence-corrected chi connectivity index (χ1v) is 7.01. The van der Waals surface area contributed by atoms with Gasteiger partial charge < -0.3 is 10.6 Å². The summed E-state index contributed by atoms with van der Waals surface area (Å²) in [5.41, 5.74) is 2.66. The predicted octanol–water partition coefficient (Wildman–Crippen LogP) is 2.90. The summed E-state index contributed by atoms with van der Waals surface area (Å²) in [4.78, 5) is 13.4. The Bertz CT molecular complexity index is 670. The standard InChI is InChI=1S/C15H15N3OS/c1-10-7-11(15(19)17-2)3-6-14(10)18-9-13-5-4-12(8-16)20-13/h3-7,18H,9H2,1-2H3,(H,17,19). The van der Waals surface area contributed by atoms with E-state index in [2.05, 4.69) is 16.7 Å². The Morgan fingerprint density at radius 3 is 2.75 bits per heavy atom. The van der Waals surface area contributed by atoms with Crippen molar-refractivity contribution in [3.63, 3.8) is 0 Å². The first-order chi connectivity index (χ1) is 9.63. The summed E-state index contributed by atoms with van der Waals surface area (Å²) in [6.07, 6.45) is 0. The van der Waals surface area contributed by atoms with Gasteiger partial charge in [0.05, 0.1) is 0 Å². The van der Waals surface area contributed by atoms with E-state index < -0.39 is 0 Å². The molecule has 102 valence electrons. The number of rotatable bonds is 4. The van der Waals surface area contributed by atoms with Gasteiger partial charge in [0.1, 0.15) is 10.9 Å². The summed E-state index contributed by atoms with van der Waals surface area (Å²) >= 11 is 1.48. The van der Waals surface area contributed by atoms with Crippen molar-refractivity contribution in [2.24, 2.45) is 0 Å². The van der Waals surface area contributed by atoms with Gasteiger partial charge in [-0.2, -0.15) is 5.26 Å². The van der Waals surface area contributed by atoms with Gasteiger partial charge in [0.15, 0.2) is 0 Å². The van der Waals surface area contributed by atoms with E-state index in [0.29, 0.717) is 17.0 Å². The number of carbonyl (C=O) groups is 1. The third-order valence-corrected chi connectivity index (χ3v) is 3.93. The number of carbonyl (C=O) groups excluding carboxylic acids is 1. The van der Waals surface area contributed by atoms with Gasteiger partial charge in [-0.05, 0) is 42.8 Å². The highest BCUT2D eigenvalue weighted by Gasteiger charge is 2.06. The van der Waals surface area contributed by atoms with Gasteiger partial charge in [-0.1, -0.05) is 0 Å². The molecule has 5 heteroatoms. The fourth-order valence-electron chi connectivity index (χ4n) is 1.86. The van der Waals surface area contributed by atoms with E-state index in [1.165, 1.54) is 11.3 Å². The lowest BCUT2D eigenvalue weighted by Gasteiger charge is -2.10. The van der Waals surface area contributed by atoms with E-state index in [1.54, 1.807) is 13.1 Å². The first kappa shape index (κ1) is 14.1. The number of benzene rings is 1. The molecule has 0 fully saturated rings. The molecule has 0 spiro atoms. The minimum atomic E-state index is -0.0865. The van der Waals surface area contributed by atoms with Crippen molar-refractivity contribution >= 4 is 22.9 Å². The SMILES string of the molecule is CNC(=O)c1ccc(NCc2ccc(C#N)s2)c(C)c1. The third-order valence-electron chi connectivity index (χ3n) is 2.94. The van der Waals surface area contributed by atoms with E-state index >= 15 is 0 Å². The fraction of sp³-hybridized carbons (Fsp3) is 0.200. The zero-order valence-electron chi connectivity index (χ0n) is 11.4. The van der Waals surface area contributed by atoms with Crippen LogP contribution in [0.25, 0.3) is 0 Å². The maximum absolute atomic E-state index is 11.5. The molecule has 0 radical (unpaired) electrons. The van der Waals surface area contributed by atoms with Crippen molar-refractivity contribution < 1.29 is 4.79 Å². The molecule has 0 saturated heterocycles. The molecule has 2 aromatic rings. The van der Waals surface area contributed by atoms with Crippen LogP contribution in [0, 0.1) is 18.3 Å². The quantitative estimate of drug-likeness (QED) is 0.907. The molecule has 2 N–H and O–H groups in total. The van der Waals surface area contributed by atoms with Crippen LogP contribution < -0.4 is 10.6 Å². The molecule has 0 aliphatic heterocycles. The van der Waals surface area contributed by atoms with Crippen molar-refractivity contribution in [1.29, 1.82) is 5.26 Å². The number of nitrogens with one attached hydrogen (secondary N) is 2. The van der Waals surface area contributed by atoms with Crippen LogP contribution in [0.2, 0.25) is 0 Å². The second-order valence-electron chi connectivity index (χ2n) is 4.34. The molecule has 1 aromatic heterocycles. The Kier molecular flexibility index (Phi) is 4.38. The maximum atomic E-state index is 11.5. The van der Waals surface area contributed by atoms with Crippen LogP contribution in [0.15, 0.2) is 30.3 Å². The third kappa shape index (κ3) is 3.16. The van der Waals surface area contributed by atoms with Crippen LogP contribution in [0.3, 0.4) is 0 Å². The van der Waals surface area contributed by atoms with E-state index in [4.69, 9.17) is 5.26 Å². The summed E-state index contributed by atoms with van der Waals surface area (Å²) in [7, 11) is 1.62. The highest BCUT2D eigenvalue weighted by Crippen LogP contribution is 2.20. The van der Waals surface area contributed by atoms with Crippen LogP contribution in [-0.2, 0) is 6.54 Å². The topological polar surface area (TPSA) is 64.9 Å². The van der Waals surface area contributed by atoms with E-state index in [1.807, 2.05) is 31.2 Å². The van der Waals surface area contributed by atoms with Crippen molar-refractivity contribution in [3.05, 3.63) is 51.2 Å². The molecule has 2 rings (SSSR count). The Labute approximate surface area is 122 Å². The average molecular weight is 285 g/mol. The maximum Gasteiger partial charge on any atom is 0.251 e. The van der Waals surface area contributed by atoms with Gasteiger partial charge >= 0.3 is 0 Å². The molecule has 0 atom stereocenters. The Morgan fingerprint density at radius 1 is 1.35 bits per heavy atom. The van der Waals surface area contributed by atoms with Crippen molar-refractivity contribution in [3.8, 4) is 6.07 Å². The van der Waals surface area contributed by atoms with Gasteiger partial charge in [0.25, 0.3) is 5.91 Å². The number of anilines is 1.